The lowest BCUT2D eigenvalue weighted by Crippen LogP contribution is -2.34. The van der Waals surface area contributed by atoms with Crippen molar-refractivity contribution in [3.05, 3.63) is 33.8 Å². The number of rotatable bonds is 2. The van der Waals surface area contributed by atoms with Crippen LogP contribution in [-0.4, -0.2) is 11.7 Å². The van der Waals surface area contributed by atoms with E-state index in [2.05, 4.69) is 5.32 Å². The number of aryl methyl sites for hydroxylation is 1. The summed E-state index contributed by atoms with van der Waals surface area (Å²) < 4.78 is 5.23. The van der Waals surface area contributed by atoms with Crippen molar-refractivity contribution in [2.24, 2.45) is 0 Å². The maximum atomic E-state index is 11.7. The molecule has 1 N–H and O–H groups in total. The third kappa shape index (κ3) is 4.43. The quantitative estimate of drug-likeness (QED) is 0.865. The van der Waals surface area contributed by atoms with Crippen LogP contribution in [0, 0.1) is 13.8 Å². The number of carbonyl (C=O) groups is 1. The molecule has 0 spiro atoms. The summed E-state index contributed by atoms with van der Waals surface area (Å²) >= 11 is 6.32. The Bertz CT molecular complexity index is 478. The summed E-state index contributed by atoms with van der Waals surface area (Å²) in [5, 5.41) is 3.49. The molecular weight excluding hydrogens is 262 g/mol. The van der Waals surface area contributed by atoms with Crippen molar-refractivity contribution in [2.45, 2.75) is 53.2 Å². The van der Waals surface area contributed by atoms with E-state index in [0.717, 1.165) is 16.7 Å². The van der Waals surface area contributed by atoms with Crippen molar-refractivity contribution in [1.82, 2.24) is 5.32 Å². The van der Waals surface area contributed by atoms with Crippen LogP contribution >= 0.6 is 11.6 Å². The first-order valence-electron chi connectivity index (χ1n) is 6.37. The molecule has 0 aromatic heterocycles. The Morgan fingerprint density at radius 3 is 2.42 bits per heavy atom. The van der Waals surface area contributed by atoms with Crippen LogP contribution in [0.2, 0.25) is 5.02 Å². The van der Waals surface area contributed by atoms with Crippen molar-refractivity contribution in [3.8, 4) is 0 Å². The van der Waals surface area contributed by atoms with E-state index < -0.39 is 11.7 Å². The lowest BCUT2D eigenvalue weighted by molar-refractivity contribution is 0.0508. The summed E-state index contributed by atoms with van der Waals surface area (Å²) in [5.74, 6) is 0. The maximum absolute atomic E-state index is 11.7. The van der Waals surface area contributed by atoms with Gasteiger partial charge in [-0.3, -0.25) is 0 Å². The number of alkyl carbamates (subject to hydrolysis) is 1. The summed E-state index contributed by atoms with van der Waals surface area (Å²) in [6.07, 6.45) is -0.436. The monoisotopic (exact) mass is 283 g/mol. The zero-order chi connectivity index (χ0) is 14.8. The molecular formula is C15H22ClNO2. The number of halogens is 1. The minimum atomic E-state index is -0.503. The minimum Gasteiger partial charge on any atom is -0.444 e. The highest BCUT2D eigenvalue weighted by Crippen LogP contribution is 2.28. The second-order valence-electron chi connectivity index (χ2n) is 5.78. The normalized spacial score (nSPS) is 13.0. The first-order chi connectivity index (χ1) is 8.61. The van der Waals surface area contributed by atoms with Crippen molar-refractivity contribution in [1.29, 1.82) is 0 Å². The predicted octanol–water partition coefficient (Wildman–Crippen LogP) is 4.54. The van der Waals surface area contributed by atoms with Crippen molar-refractivity contribution in [3.63, 3.8) is 0 Å². The average molecular weight is 284 g/mol. The topological polar surface area (TPSA) is 38.3 Å². The fourth-order valence-corrected chi connectivity index (χ4v) is 2.07. The summed E-state index contributed by atoms with van der Waals surface area (Å²) in [5.41, 5.74) is 2.57. The molecule has 3 nitrogen and oxygen atoms in total. The average Bonchev–Trinajstić information content (AvgIpc) is 2.23. The molecule has 1 aromatic rings. The maximum Gasteiger partial charge on any atom is 0.408 e. The van der Waals surface area contributed by atoms with Crippen LogP contribution in [0.1, 0.15) is 50.4 Å². The number of hydrogen-bond donors (Lipinski definition) is 1. The van der Waals surface area contributed by atoms with Gasteiger partial charge in [0.25, 0.3) is 0 Å². The molecule has 1 rings (SSSR count). The molecule has 0 aliphatic carbocycles. The Kier molecular flexibility index (Phi) is 4.86. The van der Waals surface area contributed by atoms with Gasteiger partial charge in [-0.05, 0) is 58.2 Å². The number of carbonyl (C=O) groups excluding carboxylic acids is 1. The molecule has 0 saturated heterocycles. The van der Waals surface area contributed by atoms with Gasteiger partial charge in [0.1, 0.15) is 5.60 Å². The molecule has 4 heteroatoms. The van der Waals surface area contributed by atoms with Gasteiger partial charge in [0.05, 0.1) is 6.04 Å². The standard InChI is InChI=1S/C15H22ClNO2/c1-9-7-8-12(13(16)10(9)2)11(3)17-14(18)19-15(4,5)6/h7-8,11H,1-6H3,(H,17,18). The molecule has 1 amide bonds. The molecule has 1 unspecified atom stereocenters. The van der Waals surface area contributed by atoms with E-state index in [1.54, 1.807) is 0 Å². The van der Waals surface area contributed by atoms with Crippen LogP contribution < -0.4 is 5.32 Å². The molecule has 0 heterocycles. The van der Waals surface area contributed by atoms with Gasteiger partial charge >= 0.3 is 6.09 Å². The zero-order valence-electron chi connectivity index (χ0n) is 12.4. The highest BCUT2D eigenvalue weighted by Gasteiger charge is 2.19. The number of hydrogen-bond acceptors (Lipinski definition) is 2. The van der Waals surface area contributed by atoms with Gasteiger partial charge in [-0.1, -0.05) is 23.7 Å². The summed E-state index contributed by atoms with van der Waals surface area (Å²) in [6.45, 7) is 11.4. The second kappa shape index (κ2) is 5.83. The van der Waals surface area contributed by atoms with E-state index in [1.165, 1.54) is 0 Å². The van der Waals surface area contributed by atoms with E-state index in [1.807, 2.05) is 53.7 Å². The Balaban J connectivity index is 2.82. The molecule has 1 atom stereocenters. The largest absolute Gasteiger partial charge is 0.444 e. The van der Waals surface area contributed by atoms with Gasteiger partial charge in [0, 0.05) is 5.02 Å². The van der Waals surface area contributed by atoms with E-state index in [0.29, 0.717) is 5.02 Å². The molecule has 19 heavy (non-hydrogen) atoms. The van der Waals surface area contributed by atoms with Crippen LogP contribution in [0.3, 0.4) is 0 Å². The van der Waals surface area contributed by atoms with Gasteiger partial charge in [0.15, 0.2) is 0 Å². The lowest BCUT2D eigenvalue weighted by Gasteiger charge is -2.23. The molecule has 0 aliphatic rings. The van der Waals surface area contributed by atoms with Crippen molar-refractivity contribution >= 4 is 17.7 Å². The van der Waals surface area contributed by atoms with Gasteiger partial charge in [-0.2, -0.15) is 0 Å². The van der Waals surface area contributed by atoms with E-state index >= 15 is 0 Å². The SMILES string of the molecule is Cc1ccc(C(C)NC(=O)OC(C)(C)C)c(Cl)c1C. The molecule has 0 fully saturated rings. The van der Waals surface area contributed by atoms with Crippen molar-refractivity contribution < 1.29 is 9.53 Å². The molecule has 1 aromatic carbocycles. The zero-order valence-corrected chi connectivity index (χ0v) is 13.2. The fourth-order valence-electron chi connectivity index (χ4n) is 1.70. The lowest BCUT2D eigenvalue weighted by atomic mass is 10.0. The van der Waals surface area contributed by atoms with E-state index in [-0.39, 0.29) is 6.04 Å². The predicted molar refractivity (Wildman–Crippen MR) is 78.7 cm³/mol. The number of ether oxygens (including phenoxy) is 1. The minimum absolute atomic E-state index is 0.193. The van der Waals surface area contributed by atoms with Gasteiger partial charge in [0.2, 0.25) is 0 Å². The Labute approximate surface area is 120 Å². The van der Waals surface area contributed by atoms with Crippen LogP contribution in [0.25, 0.3) is 0 Å². The third-order valence-corrected chi connectivity index (χ3v) is 3.39. The first kappa shape index (κ1) is 15.8. The highest BCUT2D eigenvalue weighted by molar-refractivity contribution is 6.32. The number of nitrogens with one attached hydrogen (secondary N) is 1. The van der Waals surface area contributed by atoms with Crippen LogP contribution in [0.15, 0.2) is 12.1 Å². The highest BCUT2D eigenvalue weighted by atomic mass is 35.5. The summed E-state index contributed by atoms with van der Waals surface area (Å²) in [6, 6.07) is 3.75. The molecule has 106 valence electrons. The summed E-state index contributed by atoms with van der Waals surface area (Å²) in [7, 11) is 0. The van der Waals surface area contributed by atoms with Gasteiger partial charge in [-0.15, -0.1) is 0 Å². The van der Waals surface area contributed by atoms with Crippen LogP contribution in [0.4, 0.5) is 4.79 Å². The van der Waals surface area contributed by atoms with Gasteiger partial charge < -0.3 is 10.1 Å². The molecule has 0 aliphatic heterocycles. The Morgan fingerprint density at radius 2 is 1.89 bits per heavy atom. The van der Waals surface area contributed by atoms with E-state index in [4.69, 9.17) is 16.3 Å². The smallest absolute Gasteiger partial charge is 0.408 e. The van der Waals surface area contributed by atoms with Crippen LogP contribution in [0.5, 0.6) is 0 Å². The second-order valence-corrected chi connectivity index (χ2v) is 6.16. The fraction of sp³-hybridized carbons (Fsp3) is 0.533. The number of benzene rings is 1. The van der Waals surface area contributed by atoms with Crippen LogP contribution in [-0.2, 0) is 4.74 Å². The van der Waals surface area contributed by atoms with Gasteiger partial charge in [-0.25, -0.2) is 4.79 Å². The Hall–Kier alpha value is -1.22. The van der Waals surface area contributed by atoms with Crippen molar-refractivity contribution in [2.75, 3.05) is 0 Å². The molecule has 0 saturated carbocycles. The number of amides is 1. The Morgan fingerprint density at radius 1 is 1.32 bits per heavy atom. The van der Waals surface area contributed by atoms with E-state index in [9.17, 15) is 4.79 Å². The third-order valence-electron chi connectivity index (χ3n) is 2.89. The molecule has 0 bridgehead atoms. The molecule has 0 radical (unpaired) electrons. The first-order valence-corrected chi connectivity index (χ1v) is 6.74. The summed E-state index contributed by atoms with van der Waals surface area (Å²) in [4.78, 5) is 11.7.